The summed E-state index contributed by atoms with van der Waals surface area (Å²) in [6.07, 6.45) is 1.81. The lowest BCUT2D eigenvalue weighted by Crippen LogP contribution is -2.07. The summed E-state index contributed by atoms with van der Waals surface area (Å²) in [5.74, 6) is -1.21. The number of thioether (sulfide) groups is 1. The first kappa shape index (κ1) is 11.6. The number of rotatable bonds is 3. The van der Waals surface area contributed by atoms with E-state index in [1.165, 1.54) is 24.8 Å². The van der Waals surface area contributed by atoms with E-state index in [1.54, 1.807) is 18.4 Å². The van der Waals surface area contributed by atoms with E-state index < -0.39 is 5.97 Å². The number of anilines is 1. The molecule has 1 aromatic carbocycles. The van der Waals surface area contributed by atoms with E-state index in [2.05, 4.69) is 5.32 Å². The van der Waals surface area contributed by atoms with Gasteiger partial charge >= 0.3 is 5.97 Å². The highest BCUT2D eigenvalue weighted by Crippen LogP contribution is 2.23. The zero-order valence-corrected chi connectivity index (χ0v) is 9.22. The molecule has 0 aliphatic heterocycles. The third-order valence-corrected chi connectivity index (χ3v) is 2.55. The molecule has 0 atom stereocenters. The average molecular weight is 225 g/mol. The average Bonchev–Trinajstić information content (AvgIpc) is 2.16. The summed E-state index contributed by atoms with van der Waals surface area (Å²) < 4.78 is 0. The Kier molecular flexibility index (Phi) is 3.74. The summed E-state index contributed by atoms with van der Waals surface area (Å²) in [4.78, 5) is 22.4. The van der Waals surface area contributed by atoms with Crippen LogP contribution in [0.4, 0.5) is 5.69 Å². The Morgan fingerprint density at radius 1 is 1.40 bits per heavy atom. The molecule has 0 spiro atoms. The highest BCUT2D eigenvalue weighted by molar-refractivity contribution is 7.98. The Morgan fingerprint density at radius 3 is 2.53 bits per heavy atom. The van der Waals surface area contributed by atoms with Gasteiger partial charge in [-0.3, -0.25) is 4.79 Å². The second-order valence-electron chi connectivity index (χ2n) is 2.90. The molecule has 1 rings (SSSR count). The summed E-state index contributed by atoms with van der Waals surface area (Å²) in [6, 6.07) is 4.81. The number of carboxylic acid groups (broad SMARTS) is 1. The second kappa shape index (κ2) is 4.84. The number of carboxylic acids is 1. The van der Waals surface area contributed by atoms with Crippen molar-refractivity contribution in [3.05, 3.63) is 23.8 Å². The van der Waals surface area contributed by atoms with Crippen LogP contribution in [-0.4, -0.2) is 23.2 Å². The van der Waals surface area contributed by atoms with Crippen molar-refractivity contribution in [2.45, 2.75) is 11.8 Å². The zero-order chi connectivity index (χ0) is 11.4. The van der Waals surface area contributed by atoms with Gasteiger partial charge in [0.25, 0.3) is 0 Å². The fourth-order valence-electron chi connectivity index (χ4n) is 1.16. The van der Waals surface area contributed by atoms with Crippen LogP contribution in [0.2, 0.25) is 0 Å². The van der Waals surface area contributed by atoms with Crippen molar-refractivity contribution in [3.63, 3.8) is 0 Å². The van der Waals surface area contributed by atoms with Crippen LogP contribution in [0, 0.1) is 0 Å². The van der Waals surface area contributed by atoms with Gasteiger partial charge in [0.2, 0.25) is 5.91 Å². The number of nitrogens with one attached hydrogen (secondary N) is 1. The molecule has 0 fully saturated rings. The molecular weight excluding hydrogens is 214 g/mol. The van der Waals surface area contributed by atoms with E-state index in [0.717, 1.165) is 0 Å². The lowest BCUT2D eigenvalue weighted by Gasteiger charge is -2.06. The molecule has 80 valence electrons. The molecular formula is C10H11NO3S. The molecule has 0 radical (unpaired) electrons. The van der Waals surface area contributed by atoms with Crippen LogP contribution in [0.25, 0.3) is 0 Å². The SMILES string of the molecule is CSc1ccc(NC(C)=O)cc1C(=O)O. The van der Waals surface area contributed by atoms with Crippen molar-refractivity contribution in [1.82, 2.24) is 0 Å². The lowest BCUT2D eigenvalue weighted by atomic mass is 10.2. The predicted octanol–water partition coefficient (Wildman–Crippen LogP) is 2.07. The normalized spacial score (nSPS) is 9.73. The quantitative estimate of drug-likeness (QED) is 0.773. The van der Waals surface area contributed by atoms with Crippen LogP contribution in [0.3, 0.4) is 0 Å². The molecule has 0 saturated heterocycles. The third kappa shape index (κ3) is 2.99. The maximum absolute atomic E-state index is 10.9. The fraction of sp³-hybridized carbons (Fsp3) is 0.200. The van der Waals surface area contributed by atoms with Crippen LogP contribution in [0.15, 0.2) is 23.1 Å². The van der Waals surface area contributed by atoms with Gasteiger partial charge in [0, 0.05) is 17.5 Å². The van der Waals surface area contributed by atoms with Gasteiger partial charge in [-0.05, 0) is 24.5 Å². The minimum Gasteiger partial charge on any atom is -0.478 e. The van der Waals surface area contributed by atoms with Gasteiger partial charge in [-0.2, -0.15) is 0 Å². The summed E-state index contributed by atoms with van der Waals surface area (Å²) in [6.45, 7) is 1.38. The van der Waals surface area contributed by atoms with Crippen LogP contribution in [0.5, 0.6) is 0 Å². The Balaban J connectivity index is 3.10. The Hall–Kier alpha value is -1.49. The van der Waals surface area contributed by atoms with Crippen LogP contribution in [-0.2, 0) is 4.79 Å². The van der Waals surface area contributed by atoms with Crippen molar-refractivity contribution in [3.8, 4) is 0 Å². The first-order chi connectivity index (χ1) is 7.04. The predicted molar refractivity (Wildman–Crippen MR) is 59.5 cm³/mol. The minimum absolute atomic E-state index is 0.203. The second-order valence-corrected chi connectivity index (χ2v) is 3.75. The number of benzene rings is 1. The number of carbonyl (C=O) groups is 2. The highest BCUT2D eigenvalue weighted by atomic mass is 32.2. The van der Waals surface area contributed by atoms with E-state index >= 15 is 0 Å². The Morgan fingerprint density at radius 2 is 2.07 bits per heavy atom. The molecule has 4 nitrogen and oxygen atoms in total. The summed E-state index contributed by atoms with van der Waals surface area (Å²) >= 11 is 1.36. The van der Waals surface area contributed by atoms with Crippen molar-refractivity contribution >= 4 is 29.3 Å². The van der Waals surface area contributed by atoms with Gasteiger partial charge in [-0.15, -0.1) is 11.8 Å². The maximum atomic E-state index is 10.9. The molecule has 0 aromatic heterocycles. The van der Waals surface area contributed by atoms with Crippen molar-refractivity contribution in [1.29, 1.82) is 0 Å². The van der Waals surface area contributed by atoms with Crippen molar-refractivity contribution in [2.24, 2.45) is 0 Å². The summed E-state index contributed by atoms with van der Waals surface area (Å²) in [5, 5.41) is 11.5. The number of carbonyl (C=O) groups excluding carboxylic acids is 1. The third-order valence-electron chi connectivity index (χ3n) is 1.75. The molecule has 1 amide bonds. The standard InChI is InChI=1S/C10H11NO3S/c1-6(12)11-7-3-4-9(15-2)8(5-7)10(13)14/h3-5H,1-2H3,(H,11,12)(H,13,14). The summed E-state index contributed by atoms with van der Waals surface area (Å²) in [7, 11) is 0. The first-order valence-electron chi connectivity index (χ1n) is 4.23. The lowest BCUT2D eigenvalue weighted by molar-refractivity contribution is -0.114. The molecule has 0 unspecified atom stereocenters. The van der Waals surface area contributed by atoms with Crippen molar-refractivity contribution < 1.29 is 14.7 Å². The van der Waals surface area contributed by atoms with Gasteiger partial charge in [0.15, 0.2) is 0 Å². The monoisotopic (exact) mass is 225 g/mol. The van der Waals surface area contributed by atoms with Gasteiger partial charge in [0.1, 0.15) is 0 Å². The highest BCUT2D eigenvalue weighted by Gasteiger charge is 2.10. The van der Waals surface area contributed by atoms with E-state index in [9.17, 15) is 9.59 Å². The van der Waals surface area contributed by atoms with Gasteiger partial charge in [-0.25, -0.2) is 4.79 Å². The van der Waals surface area contributed by atoms with Crippen LogP contribution < -0.4 is 5.32 Å². The molecule has 1 aromatic rings. The van der Waals surface area contributed by atoms with Crippen LogP contribution >= 0.6 is 11.8 Å². The van der Waals surface area contributed by atoms with E-state index in [4.69, 9.17) is 5.11 Å². The molecule has 0 aliphatic carbocycles. The topological polar surface area (TPSA) is 66.4 Å². The number of amides is 1. The first-order valence-corrected chi connectivity index (χ1v) is 5.46. The number of hydrogen-bond donors (Lipinski definition) is 2. The minimum atomic E-state index is -0.994. The van der Waals surface area contributed by atoms with E-state index in [0.29, 0.717) is 10.6 Å². The molecule has 0 heterocycles. The molecule has 15 heavy (non-hydrogen) atoms. The van der Waals surface area contributed by atoms with Crippen LogP contribution in [0.1, 0.15) is 17.3 Å². The van der Waals surface area contributed by atoms with Gasteiger partial charge < -0.3 is 10.4 Å². The molecule has 0 aliphatic rings. The van der Waals surface area contributed by atoms with E-state index in [-0.39, 0.29) is 11.5 Å². The van der Waals surface area contributed by atoms with Gasteiger partial charge in [0.05, 0.1) is 5.56 Å². The molecule has 2 N–H and O–H groups in total. The Labute approximate surface area is 91.7 Å². The van der Waals surface area contributed by atoms with Gasteiger partial charge in [-0.1, -0.05) is 0 Å². The largest absolute Gasteiger partial charge is 0.478 e. The zero-order valence-electron chi connectivity index (χ0n) is 8.40. The van der Waals surface area contributed by atoms with Crippen molar-refractivity contribution in [2.75, 3.05) is 11.6 Å². The smallest absolute Gasteiger partial charge is 0.336 e. The number of aromatic carboxylic acids is 1. The summed E-state index contributed by atoms with van der Waals surface area (Å²) in [5.41, 5.74) is 0.700. The molecule has 0 bridgehead atoms. The fourth-order valence-corrected chi connectivity index (χ4v) is 1.73. The number of hydrogen-bond acceptors (Lipinski definition) is 3. The van der Waals surface area contributed by atoms with E-state index in [1.807, 2.05) is 0 Å². The maximum Gasteiger partial charge on any atom is 0.336 e. The molecule has 5 heteroatoms. The molecule has 0 saturated carbocycles. The Bertz CT molecular complexity index is 404.